The van der Waals surface area contributed by atoms with Crippen molar-refractivity contribution in [2.24, 2.45) is 5.92 Å². The number of hydrogen-bond acceptors (Lipinski definition) is 3. The van der Waals surface area contributed by atoms with Crippen molar-refractivity contribution in [3.63, 3.8) is 0 Å². The van der Waals surface area contributed by atoms with Crippen molar-refractivity contribution in [3.05, 3.63) is 35.4 Å². The Morgan fingerprint density at radius 3 is 2.85 bits per heavy atom. The van der Waals surface area contributed by atoms with Gasteiger partial charge in [-0.1, -0.05) is 6.07 Å². The van der Waals surface area contributed by atoms with Gasteiger partial charge in [0.15, 0.2) is 0 Å². The number of anilines is 1. The van der Waals surface area contributed by atoms with Crippen LogP contribution in [0.25, 0.3) is 6.08 Å². The molecule has 20 heavy (non-hydrogen) atoms. The molecule has 1 heterocycles. The van der Waals surface area contributed by atoms with Gasteiger partial charge in [-0.2, -0.15) is 0 Å². The van der Waals surface area contributed by atoms with Gasteiger partial charge in [0.2, 0.25) is 5.91 Å². The number of carbonyl (C=O) groups is 2. The van der Waals surface area contributed by atoms with Gasteiger partial charge in [-0.25, -0.2) is 4.79 Å². The number of hydrogen-bond donors (Lipinski definition) is 2. The van der Waals surface area contributed by atoms with E-state index in [-0.39, 0.29) is 11.8 Å². The SMILES string of the molecule is Cc1cc(/C=C/C(=O)O)cc(NC(=O)C2CCOC2)c1. The molecular formula is C15H17NO4. The number of amides is 1. The average Bonchev–Trinajstić information content (AvgIpc) is 2.89. The van der Waals surface area contributed by atoms with E-state index in [0.717, 1.165) is 23.6 Å². The molecule has 5 heteroatoms. The maximum atomic E-state index is 12.0. The first-order valence-corrected chi connectivity index (χ1v) is 6.46. The molecule has 1 saturated heterocycles. The van der Waals surface area contributed by atoms with E-state index < -0.39 is 5.97 Å². The third kappa shape index (κ3) is 3.93. The third-order valence-corrected chi connectivity index (χ3v) is 3.09. The molecule has 1 unspecified atom stereocenters. The van der Waals surface area contributed by atoms with Gasteiger partial charge in [-0.05, 0) is 42.7 Å². The van der Waals surface area contributed by atoms with E-state index in [1.165, 1.54) is 6.08 Å². The van der Waals surface area contributed by atoms with Gasteiger partial charge in [-0.15, -0.1) is 0 Å². The molecule has 1 aromatic carbocycles. The Balaban J connectivity index is 2.11. The Labute approximate surface area is 117 Å². The topological polar surface area (TPSA) is 75.6 Å². The fourth-order valence-corrected chi connectivity index (χ4v) is 2.13. The summed E-state index contributed by atoms with van der Waals surface area (Å²) in [4.78, 5) is 22.5. The summed E-state index contributed by atoms with van der Waals surface area (Å²) in [7, 11) is 0. The molecule has 2 N–H and O–H groups in total. The molecule has 1 atom stereocenters. The molecule has 0 aromatic heterocycles. The second kappa shape index (κ2) is 6.34. The minimum Gasteiger partial charge on any atom is -0.478 e. The number of carboxylic acids is 1. The molecule has 1 amide bonds. The number of aliphatic carboxylic acids is 1. The van der Waals surface area contributed by atoms with Crippen molar-refractivity contribution in [1.82, 2.24) is 0 Å². The van der Waals surface area contributed by atoms with E-state index in [0.29, 0.717) is 18.9 Å². The quantitative estimate of drug-likeness (QED) is 0.825. The third-order valence-electron chi connectivity index (χ3n) is 3.09. The molecule has 0 saturated carbocycles. The van der Waals surface area contributed by atoms with Gasteiger partial charge in [0.25, 0.3) is 0 Å². The number of ether oxygens (including phenoxy) is 1. The Bertz CT molecular complexity index is 545. The molecule has 0 bridgehead atoms. The van der Waals surface area contributed by atoms with Crippen molar-refractivity contribution in [1.29, 1.82) is 0 Å². The lowest BCUT2D eigenvalue weighted by atomic mass is 10.1. The van der Waals surface area contributed by atoms with Crippen LogP contribution < -0.4 is 5.32 Å². The zero-order valence-corrected chi connectivity index (χ0v) is 11.3. The van der Waals surface area contributed by atoms with Gasteiger partial charge < -0.3 is 15.2 Å². The van der Waals surface area contributed by atoms with Crippen molar-refractivity contribution < 1.29 is 19.4 Å². The van der Waals surface area contributed by atoms with E-state index in [1.54, 1.807) is 6.07 Å². The summed E-state index contributed by atoms with van der Waals surface area (Å²) >= 11 is 0. The largest absolute Gasteiger partial charge is 0.478 e. The van der Waals surface area contributed by atoms with E-state index in [9.17, 15) is 9.59 Å². The maximum Gasteiger partial charge on any atom is 0.328 e. The summed E-state index contributed by atoms with van der Waals surface area (Å²) in [5.74, 6) is -1.16. The van der Waals surface area contributed by atoms with Crippen LogP contribution in [0.4, 0.5) is 5.69 Å². The van der Waals surface area contributed by atoms with Crippen LogP contribution in [0.2, 0.25) is 0 Å². The van der Waals surface area contributed by atoms with Crippen LogP contribution in [-0.2, 0) is 14.3 Å². The predicted octanol–water partition coefficient (Wildman–Crippen LogP) is 2.07. The second-order valence-corrected chi connectivity index (χ2v) is 4.85. The van der Waals surface area contributed by atoms with Gasteiger partial charge in [-0.3, -0.25) is 4.79 Å². The molecule has 5 nitrogen and oxygen atoms in total. The number of benzene rings is 1. The highest BCUT2D eigenvalue weighted by Crippen LogP contribution is 2.19. The van der Waals surface area contributed by atoms with Crippen LogP contribution in [0.3, 0.4) is 0 Å². The average molecular weight is 275 g/mol. The standard InChI is InChI=1S/C15H17NO4/c1-10-6-11(2-3-14(17)18)8-13(7-10)16-15(19)12-4-5-20-9-12/h2-3,6-8,12H,4-5,9H2,1H3,(H,16,19)(H,17,18)/b3-2+. The number of carboxylic acid groups (broad SMARTS) is 1. The van der Waals surface area contributed by atoms with Gasteiger partial charge >= 0.3 is 5.97 Å². The second-order valence-electron chi connectivity index (χ2n) is 4.85. The fraction of sp³-hybridized carbons (Fsp3) is 0.333. The van der Waals surface area contributed by atoms with Crippen LogP contribution in [0.15, 0.2) is 24.3 Å². The van der Waals surface area contributed by atoms with Crippen molar-refractivity contribution >= 4 is 23.6 Å². The zero-order valence-electron chi connectivity index (χ0n) is 11.3. The molecule has 0 radical (unpaired) electrons. The van der Waals surface area contributed by atoms with Crippen molar-refractivity contribution in [3.8, 4) is 0 Å². The summed E-state index contributed by atoms with van der Waals surface area (Å²) in [6.07, 6.45) is 3.32. The lowest BCUT2D eigenvalue weighted by Crippen LogP contribution is -2.22. The summed E-state index contributed by atoms with van der Waals surface area (Å²) in [6.45, 7) is 2.98. The molecule has 1 aliphatic rings. The molecule has 2 rings (SSSR count). The number of carbonyl (C=O) groups excluding carboxylic acids is 1. The molecule has 1 aliphatic heterocycles. The van der Waals surface area contributed by atoms with Crippen molar-refractivity contribution in [2.75, 3.05) is 18.5 Å². The molecule has 0 aliphatic carbocycles. The normalized spacial score (nSPS) is 18.4. The van der Waals surface area contributed by atoms with Crippen molar-refractivity contribution in [2.45, 2.75) is 13.3 Å². The van der Waals surface area contributed by atoms with Crippen LogP contribution >= 0.6 is 0 Å². The Morgan fingerprint density at radius 1 is 1.40 bits per heavy atom. The van der Waals surface area contributed by atoms with Gasteiger partial charge in [0, 0.05) is 18.4 Å². The fourth-order valence-electron chi connectivity index (χ4n) is 2.13. The summed E-state index contributed by atoms with van der Waals surface area (Å²) in [5.41, 5.74) is 2.37. The first-order valence-electron chi connectivity index (χ1n) is 6.46. The smallest absolute Gasteiger partial charge is 0.328 e. The summed E-state index contributed by atoms with van der Waals surface area (Å²) in [5, 5.41) is 11.5. The van der Waals surface area contributed by atoms with E-state index >= 15 is 0 Å². The van der Waals surface area contributed by atoms with Crippen LogP contribution in [0, 0.1) is 12.8 Å². The molecule has 1 aromatic rings. The van der Waals surface area contributed by atoms with Gasteiger partial charge in [0.05, 0.1) is 12.5 Å². The highest BCUT2D eigenvalue weighted by Gasteiger charge is 2.23. The number of rotatable bonds is 4. The lowest BCUT2D eigenvalue weighted by Gasteiger charge is -2.10. The minimum absolute atomic E-state index is 0.0544. The Hall–Kier alpha value is -2.14. The number of aryl methyl sites for hydroxylation is 1. The van der Waals surface area contributed by atoms with E-state index in [4.69, 9.17) is 9.84 Å². The molecule has 0 spiro atoms. The predicted molar refractivity (Wildman–Crippen MR) is 75.4 cm³/mol. The molecule has 106 valence electrons. The van der Waals surface area contributed by atoms with Crippen LogP contribution in [0.1, 0.15) is 17.5 Å². The summed E-state index contributed by atoms with van der Waals surface area (Å²) in [6, 6.07) is 5.46. The highest BCUT2D eigenvalue weighted by atomic mass is 16.5. The van der Waals surface area contributed by atoms with Crippen LogP contribution in [-0.4, -0.2) is 30.2 Å². The minimum atomic E-state index is -1.000. The Morgan fingerprint density at radius 2 is 2.20 bits per heavy atom. The highest BCUT2D eigenvalue weighted by molar-refractivity contribution is 5.93. The Kier molecular flexibility index (Phi) is 4.53. The molecule has 1 fully saturated rings. The van der Waals surface area contributed by atoms with E-state index in [1.807, 2.05) is 19.1 Å². The first kappa shape index (κ1) is 14.3. The zero-order chi connectivity index (χ0) is 14.5. The first-order chi connectivity index (χ1) is 9.54. The van der Waals surface area contributed by atoms with Gasteiger partial charge in [0.1, 0.15) is 0 Å². The summed E-state index contributed by atoms with van der Waals surface area (Å²) < 4.78 is 5.19. The van der Waals surface area contributed by atoms with Crippen LogP contribution in [0.5, 0.6) is 0 Å². The monoisotopic (exact) mass is 275 g/mol. The van der Waals surface area contributed by atoms with E-state index in [2.05, 4.69) is 5.32 Å². The number of nitrogens with one attached hydrogen (secondary N) is 1. The molecular weight excluding hydrogens is 258 g/mol. The maximum absolute atomic E-state index is 12.0. The lowest BCUT2D eigenvalue weighted by molar-refractivity contribution is -0.131.